The van der Waals surface area contributed by atoms with E-state index >= 15 is 0 Å². The molecule has 0 aliphatic heterocycles. The van der Waals surface area contributed by atoms with E-state index in [9.17, 15) is 0 Å². The molecule has 1 aromatic carbocycles. The van der Waals surface area contributed by atoms with Gasteiger partial charge in [-0.3, -0.25) is 0 Å². The van der Waals surface area contributed by atoms with E-state index in [0.717, 1.165) is 16.5 Å². The maximum Gasteiger partial charge on any atom is 0.103 e. The van der Waals surface area contributed by atoms with Gasteiger partial charge in [-0.1, -0.05) is 12.1 Å². The number of hydrogen-bond donors (Lipinski definition) is 1. The Balaban J connectivity index is 2.40. The van der Waals surface area contributed by atoms with Gasteiger partial charge in [-0.05, 0) is 31.0 Å². The zero-order valence-corrected chi connectivity index (χ0v) is 10.5. The van der Waals surface area contributed by atoms with Gasteiger partial charge in [-0.25, -0.2) is 4.98 Å². The summed E-state index contributed by atoms with van der Waals surface area (Å²) in [6.07, 6.45) is 0. The summed E-state index contributed by atoms with van der Waals surface area (Å²) in [6.45, 7) is 4.25. The third kappa shape index (κ3) is 2.24. The molecule has 78 valence electrons. The molecule has 1 heterocycles. The van der Waals surface area contributed by atoms with E-state index in [2.05, 4.69) is 55.0 Å². The standard InChI is InChI=1S/C12H13NS2/c1-8-3-4-10(5-9(8)2)11-7-15-12(6-14)13-11/h3-5,7,14H,6H2,1-2H3. The third-order valence-electron chi connectivity index (χ3n) is 2.49. The smallest absolute Gasteiger partial charge is 0.103 e. The molecule has 0 spiro atoms. The monoisotopic (exact) mass is 235 g/mol. The van der Waals surface area contributed by atoms with E-state index in [4.69, 9.17) is 0 Å². The fourth-order valence-corrected chi connectivity index (χ4v) is 2.37. The number of rotatable bonds is 2. The first-order valence-corrected chi connectivity index (χ1v) is 6.35. The number of aromatic nitrogens is 1. The largest absolute Gasteiger partial charge is 0.240 e. The van der Waals surface area contributed by atoms with Gasteiger partial charge < -0.3 is 0 Å². The summed E-state index contributed by atoms with van der Waals surface area (Å²) >= 11 is 5.89. The molecule has 15 heavy (non-hydrogen) atoms. The minimum atomic E-state index is 0.718. The average molecular weight is 235 g/mol. The second kappa shape index (κ2) is 4.37. The van der Waals surface area contributed by atoms with Gasteiger partial charge in [0.2, 0.25) is 0 Å². The molecule has 0 radical (unpaired) electrons. The lowest BCUT2D eigenvalue weighted by atomic mass is 10.1. The van der Waals surface area contributed by atoms with Crippen LogP contribution in [0.3, 0.4) is 0 Å². The van der Waals surface area contributed by atoms with Gasteiger partial charge in [-0.2, -0.15) is 12.6 Å². The molecule has 0 saturated carbocycles. The van der Waals surface area contributed by atoms with E-state index in [1.54, 1.807) is 11.3 Å². The SMILES string of the molecule is Cc1ccc(-c2csc(CS)n2)cc1C. The van der Waals surface area contributed by atoms with Crippen molar-refractivity contribution in [1.82, 2.24) is 4.98 Å². The van der Waals surface area contributed by atoms with Crippen molar-refractivity contribution in [3.8, 4) is 11.3 Å². The highest BCUT2D eigenvalue weighted by atomic mass is 32.1. The van der Waals surface area contributed by atoms with Crippen molar-refractivity contribution >= 4 is 24.0 Å². The van der Waals surface area contributed by atoms with Crippen LogP contribution in [0.25, 0.3) is 11.3 Å². The third-order valence-corrected chi connectivity index (χ3v) is 3.85. The molecule has 0 saturated heterocycles. The van der Waals surface area contributed by atoms with Gasteiger partial charge >= 0.3 is 0 Å². The topological polar surface area (TPSA) is 12.9 Å². The Kier molecular flexibility index (Phi) is 3.12. The number of thiazole rings is 1. The van der Waals surface area contributed by atoms with Gasteiger partial charge in [0.25, 0.3) is 0 Å². The van der Waals surface area contributed by atoms with Crippen LogP contribution in [0.4, 0.5) is 0 Å². The highest BCUT2D eigenvalue weighted by Crippen LogP contribution is 2.24. The summed E-state index contributed by atoms with van der Waals surface area (Å²) in [6, 6.07) is 6.46. The Labute approximate surface area is 99.6 Å². The summed E-state index contributed by atoms with van der Waals surface area (Å²) in [4.78, 5) is 4.51. The predicted octanol–water partition coefficient (Wildman–Crippen LogP) is 3.86. The Bertz CT molecular complexity index is 474. The summed E-state index contributed by atoms with van der Waals surface area (Å²) in [5, 5.41) is 3.17. The van der Waals surface area contributed by atoms with Gasteiger partial charge in [0.1, 0.15) is 5.01 Å². The Hall–Kier alpha value is -0.800. The first kappa shape index (κ1) is 10.7. The molecule has 0 N–H and O–H groups in total. The Morgan fingerprint density at radius 2 is 2.07 bits per heavy atom. The molecule has 1 aromatic heterocycles. The molecule has 0 aliphatic rings. The predicted molar refractivity (Wildman–Crippen MR) is 69.7 cm³/mol. The molecule has 2 rings (SSSR count). The fraction of sp³-hybridized carbons (Fsp3) is 0.250. The average Bonchev–Trinajstić information content (AvgIpc) is 2.70. The molecule has 0 atom stereocenters. The highest BCUT2D eigenvalue weighted by Gasteiger charge is 2.04. The van der Waals surface area contributed by atoms with E-state index in [0.29, 0.717) is 0 Å². The van der Waals surface area contributed by atoms with E-state index in [1.165, 1.54) is 16.7 Å². The highest BCUT2D eigenvalue weighted by molar-refractivity contribution is 7.79. The van der Waals surface area contributed by atoms with Crippen LogP contribution in [0.1, 0.15) is 16.1 Å². The zero-order chi connectivity index (χ0) is 10.8. The lowest BCUT2D eigenvalue weighted by Gasteiger charge is -2.02. The van der Waals surface area contributed by atoms with Crippen LogP contribution in [-0.2, 0) is 5.75 Å². The maximum atomic E-state index is 4.51. The van der Waals surface area contributed by atoms with Crippen LogP contribution in [0.5, 0.6) is 0 Å². The van der Waals surface area contributed by atoms with Crippen LogP contribution in [0.15, 0.2) is 23.6 Å². The van der Waals surface area contributed by atoms with E-state index in [-0.39, 0.29) is 0 Å². The van der Waals surface area contributed by atoms with Crippen molar-refractivity contribution in [1.29, 1.82) is 0 Å². The lowest BCUT2D eigenvalue weighted by molar-refractivity contribution is 1.26. The van der Waals surface area contributed by atoms with Crippen molar-refractivity contribution in [3.63, 3.8) is 0 Å². The molecule has 0 bridgehead atoms. The normalized spacial score (nSPS) is 10.6. The summed E-state index contributed by atoms with van der Waals surface area (Å²) < 4.78 is 0. The molecule has 3 heteroatoms. The molecule has 0 amide bonds. The van der Waals surface area contributed by atoms with E-state index < -0.39 is 0 Å². The van der Waals surface area contributed by atoms with Crippen molar-refractivity contribution < 1.29 is 0 Å². The fourth-order valence-electron chi connectivity index (χ4n) is 1.42. The lowest BCUT2D eigenvalue weighted by Crippen LogP contribution is -1.84. The van der Waals surface area contributed by atoms with Crippen molar-refractivity contribution in [2.24, 2.45) is 0 Å². The van der Waals surface area contributed by atoms with Crippen LogP contribution < -0.4 is 0 Å². The van der Waals surface area contributed by atoms with Crippen LogP contribution in [-0.4, -0.2) is 4.98 Å². The molecular formula is C12H13NS2. The minimum Gasteiger partial charge on any atom is -0.240 e. The molecule has 0 unspecified atom stereocenters. The van der Waals surface area contributed by atoms with Crippen LogP contribution in [0, 0.1) is 13.8 Å². The molecular weight excluding hydrogens is 222 g/mol. The molecule has 2 aromatic rings. The molecule has 0 aliphatic carbocycles. The second-order valence-electron chi connectivity index (χ2n) is 3.58. The quantitative estimate of drug-likeness (QED) is 0.780. The number of aryl methyl sites for hydroxylation is 2. The number of hydrogen-bond acceptors (Lipinski definition) is 3. The van der Waals surface area contributed by atoms with Crippen LogP contribution in [0.2, 0.25) is 0 Å². The van der Waals surface area contributed by atoms with Gasteiger partial charge in [-0.15, -0.1) is 11.3 Å². The van der Waals surface area contributed by atoms with Crippen LogP contribution >= 0.6 is 24.0 Å². The first-order chi connectivity index (χ1) is 7.20. The van der Waals surface area contributed by atoms with Crippen molar-refractivity contribution in [3.05, 3.63) is 39.7 Å². The number of nitrogens with zero attached hydrogens (tertiary/aromatic N) is 1. The number of thiol groups is 1. The Morgan fingerprint density at radius 1 is 1.27 bits per heavy atom. The summed E-state index contributed by atoms with van der Waals surface area (Å²) in [5.41, 5.74) is 4.89. The second-order valence-corrected chi connectivity index (χ2v) is 4.84. The van der Waals surface area contributed by atoms with Gasteiger partial charge in [0.05, 0.1) is 5.69 Å². The maximum absolute atomic E-state index is 4.51. The molecule has 1 nitrogen and oxygen atoms in total. The van der Waals surface area contributed by atoms with E-state index in [1.807, 2.05) is 0 Å². The van der Waals surface area contributed by atoms with Crippen molar-refractivity contribution in [2.45, 2.75) is 19.6 Å². The molecule has 0 fully saturated rings. The Morgan fingerprint density at radius 3 is 2.67 bits per heavy atom. The van der Waals surface area contributed by atoms with Gasteiger partial charge in [0, 0.05) is 16.7 Å². The number of benzene rings is 1. The van der Waals surface area contributed by atoms with Gasteiger partial charge in [0.15, 0.2) is 0 Å². The minimum absolute atomic E-state index is 0.718. The van der Waals surface area contributed by atoms with Crippen molar-refractivity contribution in [2.75, 3.05) is 0 Å². The first-order valence-electron chi connectivity index (χ1n) is 4.83. The summed E-state index contributed by atoms with van der Waals surface area (Å²) in [7, 11) is 0. The zero-order valence-electron chi connectivity index (χ0n) is 8.82. The summed E-state index contributed by atoms with van der Waals surface area (Å²) in [5.74, 6) is 0.718.